The van der Waals surface area contributed by atoms with Gasteiger partial charge in [0.15, 0.2) is 0 Å². The van der Waals surface area contributed by atoms with Gasteiger partial charge in [-0.05, 0) is 37.0 Å². The molecular formula is C11H19N3O2S. The molecule has 0 aliphatic rings. The van der Waals surface area contributed by atoms with E-state index < -0.39 is 9.84 Å². The van der Waals surface area contributed by atoms with Gasteiger partial charge in [0, 0.05) is 30.4 Å². The van der Waals surface area contributed by atoms with Crippen LogP contribution < -0.4 is 11.3 Å². The van der Waals surface area contributed by atoms with Gasteiger partial charge >= 0.3 is 0 Å². The lowest BCUT2D eigenvalue weighted by Crippen LogP contribution is -2.37. The Bertz CT molecular complexity index is 420. The molecule has 0 amide bonds. The maximum atomic E-state index is 11.0. The zero-order chi connectivity index (χ0) is 12.7. The molecule has 0 aliphatic heterocycles. The van der Waals surface area contributed by atoms with Gasteiger partial charge < -0.3 is 0 Å². The number of hydrogen-bond acceptors (Lipinski definition) is 5. The van der Waals surface area contributed by atoms with Crippen LogP contribution in [-0.4, -0.2) is 31.5 Å². The molecule has 6 heteroatoms. The Morgan fingerprint density at radius 1 is 1.41 bits per heavy atom. The van der Waals surface area contributed by atoms with Gasteiger partial charge in [0.25, 0.3) is 0 Å². The van der Waals surface area contributed by atoms with E-state index in [0.29, 0.717) is 6.42 Å². The molecule has 0 aromatic carbocycles. The molecule has 0 bridgehead atoms. The van der Waals surface area contributed by atoms with E-state index in [9.17, 15) is 8.42 Å². The quantitative estimate of drug-likeness (QED) is 0.541. The summed E-state index contributed by atoms with van der Waals surface area (Å²) in [4.78, 5) is 3.94. The van der Waals surface area contributed by atoms with Crippen LogP contribution in [0.3, 0.4) is 0 Å². The van der Waals surface area contributed by atoms with Crippen LogP contribution in [0, 0.1) is 0 Å². The number of nitrogens with two attached hydrogens (primary N) is 1. The smallest absolute Gasteiger partial charge is 0.147 e. The maximum absolute atomic E-state index is 11.0. The largest absolute Gasteiger partial charge is 0.271 e. The number of nitrogens with zero attached hydrogens (tertiary/aromatic N) is 1. The molecule has 5 nitrogen and oxygen atoms in total. The lowest BCUT2D eigenvalue weighted by Gasteiger charge is -2.15. The summed E-state index contributed by atoms with van der Waals surface area (Å²) in [5.41, 5.74) is 3.86. The van der Waals surface area contributed by atoms with Crippen molar-refractivity contribution in [1.82, 2.24) is 10.4 Å². The van der Waals surface area contributed by atoms with Crippen LogP contribution in [0.25, 0.3) is 0 Å². The van der Waals surface area contributed by atoms with Crippen molar-refractivity contribution in [2.45, 2.75) is 25.3 Å². The molecule has 0 spiro atoms. The number of hydrazine groups is 1. The number of hydrogen-bond donors (Lipinski definition) is 2. The van der Waals surface area contributed by atoms with Gasteiger partial charge in [0.1, 0.15) is 9.84 Å². The minimum atomic E-state index is -2.88. The van der Waals surface area contributed by atoms with E-state index in [2.05, 4.69) is 10.4 Å². The summed E-state index contributed by atoms with van der Waals surface area (Å²) in [5.74, 6) is 5.67. The van der Waals surface area contributed by atoms with Gasteiger partial charge in [0.05, 0.1) is 0 Å². The Hall–Kier alpha value is -0.980. The molecule has 0 saturated carbocycles. The molecule has 0 aliphatic carbocycles. The summed E-state index contributed by atoms with van der Waals surface area (Å²) in [6.45, 7) is 0. The van der Waals surface area contributed by atoms with E-state index in [4.69, 9.17) is 5.84 Å². The molecular weight excluding hydrogens is 238 g/mol. The van der Waals surface area contributed by atoms with Gasteiger partial charge in [-0.15, -0.1) is 0 Å². The van der Waals surface area contributed by atoms with Crippen molar-refractivity contribution < 1.29 is 8.42 Å². The first kappa shape index (κ1) is 14.1. The first-order valence-corrected chi connectivity index (χ1v) is 7.60. The fourth-order valence-electron chi connectivity index (χ4n) is 1.64. The predicted molar refractivity (Wildman–Crippen MR) is 68.0 cm³/mol. The second-order valence-electron chi connectivity index (χ2n) is 4.20. The molecule has 3 N–H and O–H groups in total. The van der Waals surface area contributed by atoms with Gasteiger partial charge in [0.2, 0.25) is 0 Å². The average molecular weight is 257 g/mol. The Labute approximate surface area is 102 Å². The van der Waals surface area contributed by atoms with E-state index in [1.807, 2.05) is 12.1 Å². The van der Waals surface area contributed by atoms with E-state index in [0.717, 1.165) is 18.4 Å². The molecule has 1 heterocycles. The Morgan fingerprint density at radius 2 is 2.06 bits per heavy atom. The van der Waals surface area contributed by atoms with Crippen LogP contribution in [0.1, 0.15) is 18.4 Å². The lowest BCUT2D eigenvalue weighted by molar-refractivity contribution is 0.484. The van der Waals surface area contributed by atoms with Crippen LogP contribution in [0.2, 0.25) is 0 Å². The lowest BCUT2D eigenvalue weighted by atomic mass is 10.0. The van der Waals surface area contributed by atoms with Gasteiger partial charge in [-0.1, -0.05) is 0 Å². The number of nitrogens with one attached hydrogen (secondary N) is 1. The third kappa shape index (κ3) is 6.35. The molecule has 17 heavy (non-hydrogen) atoms. The van der Waals surface area contributed by atoms with Crippen LogP contribution >= 0.6 is 0 Å². The van der Waals surface area contributed by atoms with Crippen molar-refractivity contribution in [3.63, 3.8) is 0 Å². The Balaban J connectivity index is 2.39. The first-order valence-electron chi connectivity index (χ1n) is 5.54. The summed E-state index contributed by atoms with van der Waals surface area (Å²) in [5, 5.41) is 0. The Morgan fingerprint density at radius 3 is 2.59 bits per heavy atom. The summed E-state index contributed by atoms with van der Waals surface area (Å²) in [6, 6.07) is 3.96. The normalized spacial score (nSPS) is 13.5. The summed E-state index contributed by atoms with van der Waals surface area (Å²) < 4.78 is 22.0. The van der Waals surface area contributed by atoms with E-state index >= 15 is 0 Å². The standard InChI is InChI=1S/C11H19N3O2S/c1-17(15,16)8-2-3-11(14-12)9-10-4-6-13-7-5-10/h4-7,11,14H,2-3,8-9,12H2,1H3. The number of sulfone groups is 1. The van der Waals surface area contributed by atoms with E-state index in [-0.39, 0.29) is 11.8 Å². The molecule has 1 aromatic rings. The minimum absolute atomic E-state index is 0.0964. The molecule has 0 fully saturated rings. The van der Waals surface area contributed by atoms with Crippen molar-refractivity contribution in [2.24, 2.45) is 5.84 Å². The number of pyridine rings is 1. The SMILES string of the molecule is CS(=O)(=O)CCCC(Cc1ccncc1)NN. The summed E-state index contributed by atoms with van der Waals surface area (Å²) >= 11 is 0. The highest BCUT2D eigenvalue weighted by Crippen LogP contribution is 2.07. The maximum Gasteiger partial charge on any atom is 0.147 e. The van der Waals surface area contributed by atoms with Crippen LogP contribution in [0.5, 0.6) is 0 Å². The fraction of sp³-hybridized carbons (Fsp3) is 0.545. The average Bonchev–Trinajstić information content (AvgIpc) is 2.27. The van der Waals surface area contributed by atoms with Gasteiger partial charge in [-0.2, -0.15) is 0 Å². The highest BCUT2D eigenvalue weighted by molar-refractivity contribution is 7.90. The van der Waals surface area contributed by atoms with Crippen molar-refractivity contribution in [3.05, 3.63) is 30.1 Å². The van der Waals surface area contributed by atoms with Crippen molar-refractivity contribution >= 4 is 9.84 Å². The summed E-state index contributed by atoms with van der Waals surface area (Å²) in [7, 11) is -2.88. The zero-order valence-corrected chi connectivity index (χ0v) is 10.8. The Kier molecular flexibility index (Phi) is 5.54. The highest BCUT2D eigenvalue weighted by Gasteiger charge is 2.09. The molecule has 96 valence electrons. The number of rotatable bonds is 7. The zero-order valence-electron chi connectivity index (χ0n) is 9.96. The summed E-state index contributed by atoms with van der Waals surface area (Å²) in [6.07, 6.45) is 6.87. The topological polar surface area (TPSA) is 85.1 Å². The van der Waals surface area contributed by atoms with Gasteiger partial charge in [-0.3, -0.25) is 16.3 Å². The van der Waals surface area contributed by atoms with Crippen molar-refractivity contribution in [2.75, 3.05) is 12.0 Å². The van der Waals surface area contributed by atoms with Crippen molar-refractivity contribution in [3.8, 4) is 0 Å². The van der Waals surface area contributed by atoms with Gasteiger partial charge in [-0.25, -0.2) is 8.42 Å². The monoisotopic (exact) mass is 257 g/mol. The molecule has 1 atom stereocenters. The van der Waals surface area contributed by atoms with E-state index in [1.165, 1.54) is 6.26 Å². The molecule has 1 unspecified atom stereocenters. The third-order valence-corrected chi connectivity index (χ3v) is 3.57. The third-order valence-electron chi connectivity index (χ3n) is 2.53. The minimum Gasteiger partial charge on any atom is -0.271 e. The van der Waals surface area contributed by atoms with Crippen LogP contribution in [-0.2, 0) is 16.3 Å². The second kappa shape index (κ2) is 6.68. The molecule has 1 aromatic heterocycles. The second-order valence-corrected chi connectivity index (χ2v) is 6.46. The number of aromatic nitrogens is 1. The van der Waals surface area contributed by atoms with Crippen molar-refractivity contribution in [1.29, 1.82) is 0 Å². The first-order chi connectivity index (χ1) is 8.01. The predicted octanol–water partition coefficient (Wildman–Crippen LogP) is 0.281. The molecule has 0 saturated heterocycles. The van der Waals surface area contributed by atoms with E-state index in [1.54, 1.807) is 12.4 Å². The van der Waals surface area contributed by atoms with Crippen LogP contribution in [0.15, 0.2) is 24.5 Å². The van der Waals surface area contributed by atoms with Crippen LogP contribution in [0.4, 0.5) is 0 Å². The fourth-order valence-corrected chi connectivity index (χ4v) is 2.33. The molecule has 0 radical (unpaired) electrons. The highest BCUT2D eigenvalue weighted by atomic mass is 32.2. The molecule has 1 rings (SSSR count).